The maximum atomic E-state index is 12.5. The van der Waals surface area contributed by atoms with E-state index in [-0.39, 0.29) is 31.6 Å². The first-order valence-corrected chi connectivity index (χ1v) is 7.13. The highest BCUT2D eigenvalue weighted by Crippen LogP contribution is 2.26. The number of carboxylic acid groups (broad SMARTS) is 1. The topological polar surface area (TPSA) is 101 Å². The third-order valence-corrected chi connectivity index (χ3v) is 4.13. The Kier molecular flexibility index (Phi) is 4.82. The molecule has 2 rings (SSSR count). The molecule has 2 saturated heterocycles. The van der Waals surface area contributed by atoms with Crippen LogP contribution in [0, 0.1) is 0 Å². The van der Waals surface area contributed by atoms with E-state index >= 15 is 0 Å². The summed E-state index contributed by atoms with van der Waals surface area (Å²) in [5.41, 5.74) is 0. The van der Waals surface area contributed by atoms with Gasteiger partial charge >= 0.3 is 12.0 Å². The Morgan fingerprint density at radius 2 is 2.00 bits per heavy atom. The van der Waals surface area contributed by atoms with Gasteiger partial charge in [0, 0.05) is 32.2 Å². The number of carbonyl (C=O) groups is 2. The van der Waals surface area contributed by atoms with E-state index in [2.05, 4.69) is 0 Å². The lowest BCUT2D eigenvalue weighted by atomic mass is 10.1. The number of amides is 2. The number of β-amino-alcohol motifs (C(OH)–C–C–N with tert-alkyl or cyclic N) is 1. The Morgan fingerprint density at radius 1 is 1.25 bits per heavy atom. The first-order valence-electron chi connectivity index (χ1n) is 7.13. The van der Waals surface area contributed by atoms with Gasteiger partial charge in [0.05, 0.1) is 6.10 Å². The molecule has 114 valence electrons. The summed E-state index contributed by atoms with van der Waals surface area (Å²) in [6, 6.07) is -1.16. The van der Waals surface area contributed by atoms with Crippen LogP contribution in [0.3, 0.4) is 0 Å². The van der Waals surface area contributed by atoms with Gasteiger partial charge in [0.2, 0.25) is 0 Å². The van der Waals surface area contributed by atoms with Crippen LogP contribution in [0.2, 0.25) is 0 Å². The molecule has 2 unspecified atom stereocenters. The van der Waals surface area contributed by atoms with E-state index in [1.807, 2.05) is 0 Å². The van der Waals surface area contributed by atoms with E-state index in [0.717, 1.165) is 19.3 Å². The van der Waals surface area contributed by atoms with Crippen molar-refractivity contribution in [3.8, 4) is 0 Å². The van der Waals surface area contributed by atoms with Crippen LogP contribution in [-0.4, -0.2) is 75.0 Å². The molecule has 2 fully saturated rings. The normalized spacial score (nSPS) is 30.0. The van der Waals surface area contributed by atoms with E-state index in [9.17, 15) is 14.7 Å². The molecule has 3 atom stereocenters. The lowest BCUT2D eigenvalue weighted by Crippen LogP contribution is -2.49. The van der Waals surface area contributed by atoms with Gasteiger partial charge in [-0.05, 0) is 25.7 Å². The largest absolute Gasteiger partial charge is 0.480 e. The highest BCUT2D eigenvalue weighted by molar-refractivity contribution is 5.83. The van der Waals surface area contributed by atoms with Crippen molar-refractivity contribution in [1.29, 1.82) is 0 Å². The second-order valence-corrected chi connectivity index (χ2v) is 5.53. The number of aliphatic carboxylic acids is 1. The minimum absolute atomic E-state index is 0.0711. The van der Waals surface area contributed by atoms with E-state index in [1.54, 1.807) is 4.90 Å². The predicted molar refractivity (Wildman–Crippen MR) is 70.2 cm³/mol. The predicted octanol–water partition coefficient (Wildman–Crippen LogP) is -0.137. The molecule has 2 aliphatic heterocycles. The molecule has 0 saturated carbocycles. The number of likely N-dealkylation sites (tertiary alicyclic amines) is 2. The molecule has 7 heteroatoms. The quantitative estimate of drug-likeness (QED) is 0.668. The Labute approximate surface area is 117 Å². The van der Waals surface area contributed by atoms with Crippen LogP contribution in [-0.2, 0) is 4.79 Å². The summed E-state index contributed by atoms with van der Waals surface area (Å²) >= 11 is 0. The summed E-state index contributed by atoms with van der Waals surface area (Å²) in [5, 5.41) is 27.6. The average molecular weight is 286 g/mol. The molecular weight excluding hydrogens is 264 g/mol. The molecule has 2 heterocycles. The van der Waals surface area contributed by atoms with Gasteiger partial charge in [0.25, 0.3) is 0 Å². The number of rotatable bonds is 4. The maximum absolute atomic E-state index is 12.5. The number of hydrogen-bond donors (Lipinski definition) is 3. The van der Waals surface area contributed by atoms with Crippen molar-refractivity contribution in [2.45, 2.75) is 50.3 Å². The van der Waals surface area contributed by atoms with Gasteiger partial charge < -0.3 is 25.1 Å². The molecule has 0 bridgehead atoms. The monoisotopic (exact) mass is 286 g/mol. The van der Waals surface area contributed by atoms with Crippen molar-refractivity contribution in [1.82, 2.24) is 9.80 Å². The van der Waals surface area contributed by atoms with Crippen LogP contribution in [0.15, 0.2) is 0 Å². The summed E-state index contributed by atoms with van der Waals surface area (Å²) in [5.74, 6) is -1.07. The molecule has 2 amide bonds. The molecule has 0 aromatic rings. The molecule has 0 radical (unpaired) electrons. The minimum atomic E-state index is -1.07. The number of carbonyl (C=O) groups excluding carboxylic acids is 1. The third kappa shape index (κ3) is 3.04. The van der Waals surface area contributed by atoms with Crippen molar-refractivity contribution in [3.05, 3.63) is 0 Å². The number of nitrogens with zero attached hydrogens (tertiary/aromatic N) is 2. The third-order valence-electron chi connectivity index (χ3n) is 4.13. The number of hydrogen-bond acceptors (Lipinski definition) is 4. The second-order valence-electron chi connectivity index (χ2n) is 5.53. The molecule has 2 aliphatic rings. The molecule has 0 aromatic carbocycles. The smallest absolute Gasteiger partial charge is 0.326 e. The van der Waals surface area contributed by atoms with Crippen molar-refractivity contribution in [2.75, 3.05) is 19.7 Å². The number of aliphatic hydroxyl groups excluding tert-OH is 2. The minimum Gasteiger partial charge on any atom is -0.480 e. The van der Waals surface area contributed by atoms with Gasteiger partial charge in [-0.2, -0.15) is 0 Å². The lowest BCUT2D eigenvalue weighted by Gasteiger charge is -2.31. The number of aliphatic hydroxyl groups is 2. The van der Waals surface area contributed by atoms with Gasteiger partial charge in [-0.25, -0.2) is 9.59 Å². The number of urea groups is 1. The van der Waals surface area contributed by atoms with Crippen molar-refractivity contribution in [3.63, 3.8) is 0 Å². The Balaban J connectivity index is 2.03. The molecule has 0 aliphatic carbocycles. The van der Waals surface area contributed by atoms with Crippen LogP contribution in [0.5, 0.6) is 0 Å². The molecule has 0 aromatic heterocycles. The van der Waals surface area contributed by atoms with E-state index in [4.69, 9.17) is 10.2 Å². The standard InChI is InChI=1S/C13H22N2O5/c16-6-2-4-9-3-1-5-14(9)13(20)15-8-10(17)7-11(15)12(18)19/h9-11,16-17H,1-8H2,(H,18,19)/t9?,10?,11-/m0/s1. The fraction of sp³-hybridized carbons (Fsp3) is 0.846. The first-order chi connectivity index (χ1) is 9.54. The van der Waals surface area contributed by atoms with E-state index < -0.39 is 18.1 Å². The van der Waals surface area contributed by atoms with Crippen molar-refractivity contribution < 1.29 is 24.9 Å². The van der Waals surface area contributed by atoms with Crippen LogP contribution < -0.4 is 0 Å². The molecule has 3 N–H and O–H groups in total. The lowest BCUT2D eigenvalue weighted by molar-refractivity contribution is -0.141. The second kappa shape index (κ2) is 6.41. The maximum Gasteiger partial charge on any atom is 0.326 e. The summed E-state index contributed by atoms with van der Waals surface area (Å²) in [4.78, 5) is 26.6. The van der Waals surface area contributed by atoms with Gasteiger partial charge in [0.15, 0.2) is 0 Å². The van der Waals surface area contributed by atoms with E-state index in [0.29, 0.717) is 13.0 Å². The summed E-state index contributed by atoms with van der Waals surface area (Å²) in [6.45, 7) is 0.797. The van der Waals surface area contributed by atoms with Crippen LogP contribution in [0.4, 0.5) is 4.79 Å². The zero-order chi connectivity index (χ0) is 14.7. The van der Waals surface area contributed by atoms with Crippen LogP contribution in [0.1, 0.15) is 32.1 Å². The SMILES string of the molecule is O=C(O)[C@@H]1CC(O)CN1C(=O)N1CCCC1CCCO. The molecule has 20 heavy (non-hydrogen) atoms. The van der Waals surface area contributed by atoms with Crippen LogP contribution in [0.25, 0.3) is 0 Å². The Hall–Kier alpha value is -1.34. The number of carboxylic acids is 1. The summed E-state index contributed by atoms with van der Waals surface area (Å²) in [7, 11) is 0. The van der Waals surface area contributed by atoms with Crippen molar-refractivity contribution in [2.24, 2.45) is 0 Å². The van der Waals surface area contributed by atoms with Gasteiger partial charge in [-0.3, -0.25) is 0 Å². The van der Waals surface area contributed by atoms with Crippen LogP contribution >= 0.6 is 0 Å². The Morgan fingerprint density at radius 3 is 2.65 bits per heavy atom. The zero-order valence-electron chi connectivity index (χ0n) is 11.4. The highest BCUT2D eigenvalue weighted by atomic mass is 16.4. The Bertz CT molecular complexity index is 376. The summed E-state index contributed by atoms with van der Waals surface area (Å²) < 4.78 is 0. The molecular formula is C13H22N2O5. The average Bonchev–Trinajstić information content (AvgIpc) is 3.01. The van der Waals surface area contributed by atoms with Gasteiger partial charge in [-0.15, -0.1) is 0 Å². The van der Waals surface area contributed by atoms with E-state index in [1.165, 1.54) is 4.90 Å². The fourth-order valence-corrected chi connectivity index (χ4v) is 3.14. The summed E-state index contributed by atoms with van der Waals surface area (Å²) in [6.07, 6.45) is 2.49. The first kappa shape index (κ1) is 15.1. The molecule has 7 nitrogen and oxygen atoms in total. The van der Waals surface area contributed by atoms with Crippen molar-refractivity contribution >= 4 is 12.0 Å². The fourth-order valence-electron chi connectivity index (χ4n) is 3.14. The highest BCUT2D eigenvalue weighted by Gasteiger charge is 2.42. The van der Waals surface area contributed by atoms with Gasteiger partial charge in [-0.1, -0.05) is 0 Å². The van der Waals surface area contributed by atoms with Gasteiger partial charge in [0.1, 0.15) is 6.04 Å². The molecule has 0 spiro atoms. The zero-order valence-corrected chi connectivity index (χ0v) is 11.4.